The summed E-state index contributed by atoms with van der Waals surface area (Å²) in [5.74, 6) is -0.101. The molecule has 0 spiro atoms. The summed E-state index contributed by atoms with van der Waals surface area (Å²) >= 11 is 0. The average molecular weight is 441 g/mol. The Kier molecular flexibility index (Phi) is 5.60. The van der Waals surface area contributed by atoms with E-state index in [4.69, 9.17) is 14.9 Å². The Labute approximate surface area is 189 Å². The number of nitro groups is 1. The Morgan fingerprint density at radius 2 is 1.97 bits per heavy atom. The van der Waals surface area contributed by atoms with E-state index in [-0.39, 0.29) is 35.2 Å². The third-order valence-electron chi connectivity index (χ3n) is 6.22. The van der Waals surface area contributed by atoms with E-state index >= 15 is 0 Å². The fourth-order valence-corrected chi connectivity index (χ4v) is 4.70. The molecule has 164 valence electrons. The van der Waals surface area contributed by atoms with Crippen LogP contribution in [0.4, 0.5) is 5.69 Å². The van der Waals surface area contributed by atoms with Gasteiger partial charge in [0.2, 0.25) is 0 Å². The van der Waals surface area contributed by atoms with Gasteiger partial charge in [0.25, 0.3) is 0 Å². The number of furan rings is 1. The second-order valence-electron chi connectivity index (χ2n) is 7.92. The number of nitrogens with two attached hydrogens (primary N) is 1. The van der Waals surface area contributed by atoms with E-state index in [0.29, 0.717) is 17.9 Å². The van der Waals surface area contributed by atoms with E-state index in [1.54, 1.807) is 24.3 Å². The molecule has 2 aromatic rings. The smallest absolute Gasteiger partial charge is 0.310 e. The predicted octanol–water partition coefficient (Wildman–Crippen LogP) is 4.36. The van der Waals surface area contributed by atoms with Crippen molar-refractivity contribution in [1.29, 1.82) is 15.8 Å². The van der Waals surface area contributed by atoms with Crippen LogP contribution >= 0.6 is 0 Å². The zero-order valence-electron chi connectivity index (χ0n) is 17.5. The van der Waals surface area contributed by atoms with Gasteiger partial charge in [0.1, 0.15) is 24.2 Å². The maximum absolute atomic E-state index is 11.2. The molecule has 2 aliphatic rings. The number of rotatable bonds is 5. The van der Waals surface area contributed by atoms with Crippen molar-refractivity contribution in [2.75, 3.05) is 0 Å². The molecule has 0 radical (unpaired) electrons. The van der Waals surface area contributed by atoms with Gasteiger partial charge < -0.3 is 14.9 Å². The Morgan fingerprint density at radius 1 is 1.21 bits per heavy atom. The first-order valence-corrected chi connectivity index (χ1v) is 10.3. The minimum atomic E-state index is -1.75. The lowest BCUT2D eigenvalue weighted by Gasteiger charge is -2.42. The summed E-state index contributed by atoms with van der Waals surface area (Å²) in [5.41, 5.74) is 5.23. The highest BCUT2D eigenvalue weighted by atomic mass is 16.6. The molecule has 1 aromatic carbocycles. The summed E-state index contributed by atoms with van der Waals surface area (Å²) in [5, 5.41) is 41.0. The van der Waals surface area contributed by atoms with Crippen LogP contribution in [0.3, 0.4) is 0 Å². The SMILES string of the molecule is N#CC1=C(N)C(C#N)(C#N)C(c2ccc(COc3ccccc3[N+](=O)[O-])o2)C2CCCC=C12. The van der Waals surface area contributed by atoms with Gasteiger partial charge in [-0.05, 0) is 49.0 Å². The molecule has 0 amide bonds. The molecule has 0 fully saturated rings. The summed E-state index contributed by atoms with van der Waals surface area (Å²) in [4.78, 5) is 10.7. The van der Waals surface area contributed by atoms with Crippen molar-refractivity contribution in [3.05, 3.63) is 81.0 Å². The van der Waals surface area contributed by atoms with Crippen molar-refractivity contribution in [2.24, 2.45) is 17.1 Å². The highest BCUT2D eigenvalue weighted by molar-refractivity contribution is 5.58. The van der Waals surface area contributed by atoms with Crippen LogP contribution in [0.5, 0.6) is 5.75 Å². The second-order valence-corrected chi connectivity index (χ2v) is 7.92. The number of nitrogens with zero attached hydrogens (tertiary/aromatic N) is 4. The standard InChI is InChI=1S/C24H19N5O4/c25-11-18-16-5-1-2-6-17(16)22(24(13-26,14-27)23(18)28)21-10-9-15(33-21)12-32-20-8-4-3-7-19(20)29(30)31/h3-5,7-10,17,22H,1-2,6,12,28H2. The predicted molar refractivity (Wildman–Crippen MR) is 115 cm³/mol. The van der Waals surface area contributed by atoms with Gasteiger partial charge in [-0.15, -0.1) is 0 Å². The fraction of sp³-hybridized carbons (Fsp3) is 0.292. The van der Waals surface area contributed by atoms with Gasteiger partial charge in [0.05, 0.1) is 34.2 Å². The molecule has 9 heteroatoms. The normalized spacial score (nSPS) is 21.1. The molecule has 1 heterocycles. The van der Waals surface area contributed by atoms with Crippen LogP contribution in [0.15, 0.2) is 63.7 Å². The Balaban J connectivity index is 1.70. The first kappa shape index (κ1) is 21.7. The minimum absolute atomic E-state index is 0.0569. The molecule has 1 aromatic heterocycles. The lowest BCUT2D eigenvalue weighted by molar-refractivity contribution is -0.386. The van der Waals surface area contributed by atoms with E-state index in [0.717, 1.165) is 18.4 Å². The van der Waals surface area contributed by atoms with Crippen LogP contribution < -0.4 is 10.5 Å². The van der Waals surface area contributed by atoms with Gasteiger partial charge in [0, 0.05) is 6.07 Å². The molecule has 0 saturated carbocycles. The van der Waals surface area contributed by atoms with Gasteiger partial charge in [-0.25, -0.2) is 0 Å². The quantitative estimate of drug-likeness (QED) is 0.528. The summed E-state index contributed by atoms with van der Waals surface area (Å²) in [7, 11) is 0. The first-order chi connectivity index (χ1) is 16.0. The van der Waals surface area contributed by atoms with E-state index in [2.05, 4.69) is 18.2 Å². The van der Waals surface area contributed by atoms with Crippen molar-refractivity contribution in [2.45, 2.75) is 31.8 Å². The fourth-order valence-electron chi connectivity index (χ4n) is 4.70. The summed E-state index contributed by atoms with van der Waals surface area (Å²) < 4.78 is 11.6. The van der Waals surface area contributed by atoms with E-state index in [1.807, 2.05) is 6.08 Å². The molecule has 0 bridgehead atoms. The van der Waals surface area contributed by atoms with E-state index in [1.165, 1.54) is 12.1 Å². The van der Waals surface area contributed by atoms with Gasteiger partial charge in [-0.3, -0.25) is 10.1 Å². The van der Waals surface area contributed by atoms with Crippen molar-refractivity contribution in [3.63, 3.8) is 0 Å². The largest absolute Gasteiger partial charge is 0.479 e. The Bertz CT molecular complexity index is 1290. The molecule has 2 N–H and O–H groups in total. The summed E-state index contributed by atoms with van der Waals surface area (Å²) in [6.45, 7) is -0.0776. The molecule has 0 aliphatic heterocycles. The van der Waals surface area contributed by atoms with Crippen LogP contribution in [0.25, 0.3) is 0 Å². The second kappa shape index (κ2) is 8.53. The van der Waals surface area contributed by atoms with Crippen LogP contribution in [0, 0.1) is 55.4 Å². The molecule has 2 unspecified atom stereocenters. The number of hydrogen-bond acceptors (Lipinski definition) is 8. The number of ether oxygens (including phenoxy) is 1. The van der Waals surface area contributed by atoms with Crippen molar-refractivity contribution >= 4 is 5.69 Å². The number of benzene rings is 1. The monoisotopic (exact) mass is 441 g/mol. The lowest BCUT2D eigenvalue weighted by atomic mass is 9.58. The molecule has 33 heavy (non-hydrogen) atoms. The summed E-state index contributed by atoms with van der Waals surface area (Å²) in [6.07, 6.45) is 4.27. The minimum Gasteiger partial charge on any atom is -0.479 e. The third kappa shape index (κ3) is 3.48. The number of allylic oxidation sites excluding steroid dienone is 4. The average Bonchev–Trinajstić information content (AvgIpc) is 3.30. The van der Waals surface area contributed by atoms with Gasteiger partial charge >= 0.3 is 5.69 Å². The highest BCUT2D eigenvalue weighted by Gasteiger charge is 2.55. The van der Waals surface area contributed by atoms with Crippen LogP contribution in [-0.2, 0) is 6.61 Å². The van der Waals surface area contributed by atoms with Crippen LogP contribution in [0.2, 0.25) is 0 Å². The molecule has 9 nitrogen and oxygen atoms in total. The zero-order valence-corrected chi connectivity index (χ0v) is 17.5. The first-order valence-electron chi connectivity index (χ1n) is 10.3. The molecule has 2 aliphatic carbocycles. The van der Waals surface area contributed by atoms with Crippen molar-refractivity contribution < 1.29 is 14.1 Å². The molecular weight excluding hydrogens is 422 g/mol. The molecule has 0 saturated heterocycles. The Hall–Kier alpha value is -4.55. The van der Waals surface area contributed by atoms with Crippen LogP contribution in [0.1, 0.15) is 36.7 Å². The maximum Gasteiger partial charge on any atom is 0.310 e. The van der Waals surface area contributed by atoms with Crippen molar-refractivity contribution in [3.8, 4) is 24.0 Å². The molecular formula is C24H19N5O4. The number of nitriles is 3. The number of hydrogen-bond donors (Lipinski definition) is 1. The highest BCUT2D eigenvalue weighted by Crippen LogP contribution is 2.56. The number of para-hydroxylation sites is 2. The molecule has 4 rings (SSSR count). The van der Waals surface area contributed by atoms with Gasteiger partial charge in [-0.1, -0.05) is 18.2 Å². The number of fused-ring (bicyclic) bond motifs is 1. The topological polar surface area (TPSA) is 163 Å². The maximum atomic E-state index is 11.2. The van der Waals surface area contributed by atoms with E-state index < -0.39 is 16.3 Å². The van der Waals surface area contributed by atoms with Crippen molar-refractivity contribution in [1.82, 2.24) is 0 Å². The number of nitro benzene ring substituents is 1. The van der Waals surface area contributed by atoms with Gasteiger partial charge in [-0.2, -0.15) is 15.8 Å². The Morgan fingerprint density at radius 3 is 2.67 bits per heavy atom. The zero-order chi connectivity index (χ0) is 23.6. The summed E-state index contributed by atoms with van der Waals surface area (Å²) in [6, 6.07) is 15.5. The van der Waals surface area contributed by atoms with E-state index in [9.17, 15) is 25.9 Å². The lowest BCUT2D eigenvalue weighted by Crippen LogP contribution is -2.42. The van der Waals surface area contributed by atoms with Crippen LogP contribution in [-0.4, -0.2) is 4.92 Å². The van der Waals surface area contributed by atoms with Gasteiger partial charge in [0.15, 0.2) is 11.2 Å². The molecule has 2 atom stereocenters. The third-order valence-corrected chi connectivity index (χ3v) is 6.22.